The van der Waals surface area contributed by atoms with E-state index in [-0.39, 0.29) is 11.6 Å². The maximum Gasteiger partial charge on any atom is 0.264 e. The highest BCUT2D eigenvalue weighted by Gasteiger charge is 2.42. The molecule has 2 aromatic rings. The molecule has 9 heteroatoms. The van der Waals surface area contributed by atoms with E-state index in [0.717, 1.165) is 22.9 Å². The Bertz CT molecular complexity index is 1110. The van der Waals surface area contributed by atoms with Gasteiger partial charge in [0.2, 0.25) is 0 Å². The molecule has 0 heterocycles. The molecule has 0 aliphatic heterocycles. The van der Waals surface area contributed by atoms with Crippen molar-refractivity contribution in [3.05, 3.63) is 58.7 Å². The molecule has 0 fully saturated rings. The number of ether oxygens (including phenoxy) is 3. The topological polar surface area (TPSA) is 80.3 Å². The Morgan fingerprint density at radius 3 is 2.05 bits per heavy atom. The molecule has 37 heavy (non-hydrogen) atoms. The first-order valence-corrected chi connectivity index (χ1v) is 17.2. The van der Waals surface area contributed by atoms with E-state index in [0.29, 0.717) is 24.5 Å². The van der Waals surface area contributed by atoms with Gasteiger partial charge in [0.05, 0.1) is 39.8 Å². The van der Waals surface area contributed by atoms with Crippen molar-refractivity contribution in [2.45, 2.75) is 71.4 Å². The Hall–Kier alpha value is -1.91. The first-order valence-electron chi connectivity index (χ1n) is 12.5. The first kappa shape index (κ1) is 31.3. The molecule has 0 N–H and O–H groups in total. The summed E-state index contributed by atoms with van der Waals surface area (Å²) in [7, 11) is -2.81. The highest BCUT2D eigenvalue weighted by Crippen LogP contribution is 2.43. The van der Waals surface area contributed by atoms with Crippen LogP contribution in [0, 0.1) is 13.8 Å². The molecular weight excluding hydrogens is 508 g/mol. The van der Waals surface area contributed by atoms with Gasteiger partial charge in [0.25, 0.3) is 10.1 Å². The summed E-state index contributed by atoms with van der Waals surface area (Å²) < 4.78 is 53.7. The molecule has 0 saturated carbocycles. The highest BCUT2D eigenvalue weighted by molar-refractivity contribution is 7.85. The summed E-state index contributed by atoms with van der Waals surface area (Å²) in [5.74, 6) is 1.31. The van der Waals surface area contributed by atoms with Crippen LogP contribution in [0.5, 0.6) is 11.5 Å². The highest BCUT2D eigenvalue weighted by atomic mass is 32.2. The second-order valence-electron chi connectivity index (χ2n) is 11.0. The Morgan fingerprint density at radius 1 is 0.973 bits per heavy atom. The predicted molar refractivity (Wildman–Crippen MR) is 151 cm³/mol. The Kier molecular flexibility index (Phi) is 10.8. The average molecular weight is 553 g/mol. The minimum Gasteiger partial charge on any atom is -0.496 e. The predicted octanol–water partition coefficient (Wildman–Crippen LogP) is 5.99. The second-order valence-corrected chi connectivity index (χ2v) is 17.4. The molecule has 2 atom stereocenters. The maximum absolute atomic E-state index is 12.0. The van der Waals surface area contributed by atoms with Crippen LogP contribution in [-0.2, 0) is 29.9 Å². The van der Waals surface area contributed by atoms with Gasteiger partial charge in [-0.2, -0.15) is 8.42 Å². The van der Waals surface area contributed by atoms with Crippen LogP contribution in [0.4, 0.5) is 0 Å². The molecule has 0 spiro atoms. The van der Waals surface area contributed by atoms with Crippen LogP contribution in [0.25, 0.3) is 0 Å². The zero-order valence-corrected chi connectivity index (χ0v) is 25.8. The molecule has 2 rings (SSSR count). The summed E-state index contributed by atoms with van der Waals surface area (Å²) in [4.78, 5) is 0. The zero-order valence-electron chi connectivity index (χ0n) is 24.0. The van der Waals surface area contributed by atoms with E-state index in [2.05, 4.69) is 46.0 Å². The first-order chi connectivity index (χ1) is 17.1. The number of hydrogen-bond acceptors (Lipinski definition) is 7. The summed E-state index contributed by atoms with van der Waals surface area (Å²) in [6.07, 6.45) is 0.414. The van der Waals surface area contributed by atoms with Gasteiger partial charge >= 0.3 is 0 Å². The quantitative estimate of drug-likeness (QED) is 0.223. The molecule has 0 bridgehead atoms. The summed E-state index contributed by atoms with van der Waals surface area (Å²) in [5.41, 5.74) is 3.96. The largest absolute Gasteiger partial charge is 0.496 e. The molecule has 2 aromatic carbocycles. The fourth-order valence-corrected chi connectivity index (χ4v) is 5.39. The van der Waals surface area contributed by atoms with Crippen LogP contribution >= 0.6 is 0 Å². The normalized spacial score (nSPS) is 14.3. The molecule has 0 saturated heterocycles. The standard InChI is InChI=1S/C28H44O7SSi/c1-20-12-11-13-22(16-20)14-15-33-26(19-34-36(8,29)30)27(35-37(9,10)28(3,4)5)23-17-24(31-6)21(2)25(18-23)32-7/h11-13,16-18,26-27H,14-15,19H2,1-10H3/t26-,27+/m0/s1. The van der Waals surface area contributed by atoms with E-state index >= 15 is 0 Å². The van der Waals surface area contributed by atoms with Crippen molar-refractivity contribution < 1.29 is 31.2 Å². The summed E-state index contributed by atoms with van der Waals surface area (Å²) >= 11 is 0. The minimum absolute atomic E-state index is 0.0894. The van der Waals surface area contributed by atoms with Gasteiger partial charge in [0, 0.05) is 5.56 Å². The van der Waals surface area contributed by atoms with Crippen molar-refractivity contribution in [2.75, 3.05) is 33.7 Å². The smallest absolute Gasteiger partial charge is 0.264 e. The van der Waals surface area contributed by atoms with Gasteiger partial charge in [-0.15, -0.1) is 0 Å². The van der Waals surface area contributed by atoms with Crippen LogP contribution in [0.15, 0.2) is 36.4 Å². The molecule has 7 nitrogen and oxygen atoms in total. The van der Waals surface area contributed by atoms with Crippen LogP contribution in [0.1, 0.15) is 49.1 Å². The molecule has 0 aliphatic carbocycles. The lowest BCUT2D eigenvalue weighted by atomic mass is 10.0. The van der Waals surface area contributed by atoms with Crippen molar-refractivity contribution in [3.63, 3.8) is 0 Å². The van der Waals surface area contributed by atoms with E-state index < -0.39 is 30.6 Å². The van der Waals surface area contributed by atoms with E-state index in [9.17, 15) is 8.42 Å². The van der Waals surface area contributed by atoms with Crippen molar-refractivity contribution in [1.29, 1.82) is 0 Å². The van der Waals surface area contributed by atoms with Gasteiger partial charge < -0.3 is 18.6 Å². The van der Waals surface area contributed by atoms with Crippen LogP contribution in [0.3, 0.4) is 0 Å². The number of methoxy groups -OCH3 is 2. The summed E-state index contributed by atoms with van der Waals surface area (Å²) in [6, 6.07) is 12.1. The Balaban J connectivity index is 2.52. The number of rotatable bonds is 13. The maximum atomic E-state index is 12.0. The fraction of sp³-hybridized carbons (Fsp3) is 0.571. The van der Waals surface area contributed by atoms with Crippen molar-refractivity contribution in [3.8, 4) is 11.5 Å². The van der Waals surface area contributed by atoms with Crippen molar-refractivity contribution >= 4 is 18.4 Å². The van der Waals surface area contributed by atoms with Crippen LogP contribution < -0.4 is 9.47 Å². The molecule has 208 valence electrons. The van der Waals surface area contributed by atoms with E-state index in [1.165, 1.54) is 5.56 Å². The molecule has 0 aromatic heterocycles. The average Bonchev–Trinajstić information content (AvgIpc) is 2.79. The molecule has 0 aliphatic rings. The number of hydrogen-bond donors (Lipinski definition) is 0. The molecule has 0 amide bonds. The van der Waals surface area contributed by atoms with Crippen molar-refractivity contribution in [2.24, 2.45) is 0 Å². The SMILES string of the molecule is COc1cc([C@@H](O[Si](C)(C)C(C)(C)C)[C@H](COS(C)(=O)=O)OCCc2cccc(C)c2)cc(OC)c1C. The number of benzene rings is 2. The van der Waals surface area contributed by atoms with E-state index in [1.54, 1.807) is 14.2 Å². The van der Waals surface area contributed by atoms with E-state index in [4.69, 9.17) is 22.8 Å². The van der Waals surface area contributed by atoms with Gasteiger partial charge in [-0.25, -0.2) is 0 Å². The molecular formula is C28H44O7SSi. The summed E-state index contributed by atoms with van der Waals surface area (Å²) in [5, 5.41) is -0.0894. The van der Waals surface area contributed by atoms with Gasteiger partial charge in [-0.3, -0.25) is 4.18 Å². The van der Waals surface area contributed by atoms with Gasteiger partial charge in [0.15, 0.2) is 8.32 Å². The Morgan fingerprint density at radius 2 is 1.57 bits per heavy atom. The van der Waals surface area contributed by atoms with Gasteiger partial charge in [-0.05, 0) is 61.7 Å². The lowest BCUT2D eigenvalue weighted by Gasteiger charge is -2.41. The third-order valence-corrected chi connectivity index (χ3v) is 11.9. The summed E-state index contributed by atoms with van der Waals surface area (Å²) in [6.45, 7) is 15.0. The third-order valence-electron chi connectivity index (χ3n) is 6.92. The van der Waals surface area contributed by atoms with Crippen LogP contribution in [0.2, 0.25) is 18.1 Å². The number of aryl methyl sites for hydroxylation is 1. The lowest BCUT2D eigenvalue weighted by molar-refractivity contribution is -0.0523. The monoisotopic (exact) mass is 552 g/mol. The van der Waals surface area contributed by atoms with E-state index in [1.807, 2.05) is 38.1 Å². The lowest BCUT2D eigenvalue weighted by Crippen LogP contribution is -2.45. The van der Waals surface area contributed by atoms with Gasteiger partial charge in [0.1, 0.15) is 17.6 Å². The Labute approximate surface area is 224 Å². The second kappa shape index (κ2) is 12.8. The zero-order chi connectivity index (χ0) is 28.0. The molecule has 0 radical (unpaired) electrons. The molecule has 0 unspecified atom stereocenters. The minimum atomic E-state index is -3.70. The van der Waals surface area contributed by atoms with Crippen molar-refractivity contribution in [1.82, 2.24) is 0 Å². The van der Waals surface area contributed by atoms with Gasteiger partial charge in [-0.1, -0.05) is 50.6 Å². The fourth-order valence-electron chi connectivity index (χ4n) is 3.73. The third kappa shape index (κ3) is 9.10. The van der Waals surface area contributed by atoms with Crippen LogP contribution in [-0.4, -0.2) is 56.5 Å².